The smallest absolute Gasteiger partial charge is 0.266 e. The largest absolute Gasteiger partial charge is 0.496 e. The van der Waals surface area contributed by atoms with Crippen LogP contribution in [0.1, 0.15) is 32.0 Å². The van der Waals surface area contributed by atoms with E-state index in [4.69, 9.17) is 9.84 Å². The number of sulfonamides is 1. The van der Waals surface area contributed by atoms with Crippen molar-refractivity contribution in [3.05, 3.63) is 89.2 Å². The molecule has 0 unspecified atom stereocenters. The number of hydrogen-bond acceptors (Lipinski definition) is 7. The molecular formula is C23H23N3O6S. The van der Waals surface area contributed by atoms with E-state index in [-0.39, 0.29) is 28.5 Å². The number of pyridine rings is 1. The van der Waals surface area contributed by atoms with Crippen molar-refractivity contribution in [2.45, 2.75) is 17.9 Å². The summed E-state index contributed by atoms with van der Waals surface area (Å²) in [6.45, 7) is 0.0823. The minimum Gasteiger partial charge on any atom is -0.496 e. The standard InChI is InChI=1S/C23H23N3O6S/c1-32-21-5-3-2-4-16(21)12-13-24-22(28)17-7-10-20(11-8-17)33(30,31)26-23(29)18-6-9-19(15-27)25-14-18/h2-11,14,27H,12-13,15H2,1H3,(H,24,28)(H,26,29). The second-order valence-corrected chi connectivity index (χ2v) is 8.66. The van der Waals surface area contributed by atoms with Crippen molar-refractivity contribution in [3.8, 4) is 5.75 Å². The first-order valence-electron chi connectivity index (χ1n) is 9.97. The molecule has 1 heterocycles. The molecule has 1 aromatic heterocycles. The maximum Gasteiger partial charge on any atom is 0.266 e. The van der Waals surface area contributed by atoms with E-state index >= 15 is 0 Å². The van der Waals surface area contributed by atoms with Gasteiger partial charge in [0.2, 0.25) is 0 Å². The molecule has 0 saturated carbocycles. The third kappa shape index (κ3) is 6.15. The molecule has 0 saturated heterocycles. The first-order chi connectivity index (χ1) is 15.8. The minimum atomic E-state index is -4.15. The van der Waals surface area contributed by atoms with Crippen LogP contribution in [0.3, 0.4) is 0 Å². The Balaban J connectivity index is 1.59. The number of aliphatic hydroxyl groups excluding tert-OH is 1. The highest BCUT2D eigenvalue weighted by atomic mass is 32.2. The SMILES string of the molecule is COc1ccccc1CCNC(=O)c1ccc(S(=O)(=O)NC(=O)c2ccc(CO)nc2)cc1. The van der Waals surface area contributed by atoms with Gasteiger partial charge in [-0.3, -0.25) is 14.6 Å². The summed E-state index contributed by atoms with van der Waals surface area (Å²) in [6, 6.07) is 15.5. The predicted molar refractivity (Wildman–Crippen MR) is 120 cm³/mol. The molecule has 3 aromatic rings. The summed E-state index contributed by atoms with van der Waals surface area (Å²) >= 11 is 0. The molecular weight excluding hydrogens is 446 g/mol. The molecule has 172 valence electrons. The molecule has 0 aliphatic carbocycles. The lowest BCUT2D eigenvalue weighted by Crippen LogP contribution is -2.31. The van der Waals surface area contributed by atoms with Crippen LogP contribution in [0, 0.1) is 0 Å². The Bertz CT molecular complexity index is 1230. The molecule has 0 aliphatic heterocycles. The summed E-state index contributed by atoms with van der Waals surface area (Å²) in [6.07, 6.45) is 1.75. The molecule has 2 aromatic carbocycles. The molecule has 33 heavy (non-hydrogen) atoms. The van der Waals surface area contributed by atoms with E-state index < -0.39 is 15.9 Å². The van der Waals surface area contributed by atoms with Crippen LogP contribution in [-0.4, -0.2) is 44.0 Å². The van der Waals surface area contributed by atoms with Gasteiger partial charge >= 0.3 is 0 Å². The predicted octanol–water partition coefficient (Wildman–Crippen LogP) is 1.67. The molecule has 0 spiro atoms. The van der Waals surface area contributed by atoms with Gasteiger partial charge < -0.3 is 15.2 Å². The van der Waals surface area contributed by atoms with Crippen LogP contribution in [0.15, 0.2) is 71.8 Å². The maximum atomic E-state index is 12.5. The average Bonchev–Trinajstić information content (AvgIpc) is 2.84. The lowest BCUT2D eigenvalue weighted by Gasteiger charge is -2.10. The number of aromatic nitrogens is 1. The van der Waals surface area contributed by atoms with Gasteiger partial charge in [-0.1, -0.05) is 18.2 Å². The van der Waals surface area contributed by atoms with Crippen LogP contribution in [-0.2, 0) is 23.1 Å². The Hall–Kier alpha value is -3.76. The number of rotatable bonds is 9. The molecule has 3 rings (SSSR count). The van der Waals surface area contributed by atoms with Crippen molar-refractivity contribution in [2.24, 2.45) is 0 Å². The summed E-state index contributed by atoms with van der Waals surface area (Å²) in [7, 11) is -2.57. The van der Waals surface area contributed by atoms with Gasteiger partial charge in [-0.25, -0.2) is 13.1 Å². The van der Waals surface area contributed by atoms with E-state index in [2.05, 4.69) is 10.3 Å². The van der Waals surface area contributed by atoms with Crippen LogP contribution in [0.5, 0.6) is 5.75 Å². The van der Waals surface area contributed by atoms with E-state index in [0.717, 1.165) is 11.3 Å². The summed E-state index contributed by atoms with van der Waals surface area (Å²) in [4.78, 5) is 28.3. The van der Waals surface area contributed by atoms with Crippen LogP contribution in [0.4, 0.5) is 0 Å². The fraction of sp³-hybridized carbons (Fsp3) is 0.174. The number of aliphatic hydroxyl groups is 1. The van der Waals surface area contributed by atoms with Crippen molar-refractivity contribution in [2.75, 3.05) is 13.7 Å². The van der Waals surface area contributed by atoms with Crippen molar-refractivity contribution in [1.82, 2.24) is 15.0 Å². The molecule has 0 fully saturated rings. The highest BCUT2D eigenvalue weighted by Gasteiger charge is 2.19. The number of nitrogens with zero attached hydrogens (tertiary/aromatic N) is 1. The molecule has 9 nitrogen and oxygen atoms in total. The number of methoxy groups -OCH3 is 1. The van der Waals surface area contributed by atoms with Crippen molar-refractivity contribution in [1.29, 1.82) is 0 Å². The third-order valence-corrected chi connectivity index (χ3v) is 6.12. The second-order valence-electron chi connectivity index (χ2n) is 6.97. The number of hydrogen-bond donors (Lipinski definition) is 3. The number of carbonyl (C=O) groups is 2. The van der Waals surface area contributed by atoms with Gasteiger partial charge in [-0.05, 0) is 54.4 Å². The monoisotopic (exact) mass is 469 g/mol. The lowest BCUT2D eigenvalue weighted by atomic mass is 10.1. The first kappa shape index (κ1) is 23.9. The minimum absolute atomic E-state index is 0.0295. The zero-order valence-electron chi connectivity index (χ0n) is 17.8. The van der Waals surface area contributed by atoms with Gasteiger partial charge in [0.1, 0.15) is 5.75 Å². The zero-order valence-corrected chi connectivity index (χ0v) is 18.6. The topological polar surface area (TPSA) is 135 Å². The Kier molecular flexibility index (Phi) is 7.75. The highest BCUT2D eigenvalue weighted by molar-refractivity contribution is 7.90. The molecule has 0 aliphatic rings. The van der Waals surface area contributed by atoms with Gasteiger partial charge in [0.05, 0.1) is 29.9 Å². The fourth-order valence-electron chi connectivity index (χ4n) is 3.00. The van der Waals surface area contributed by atoms with Gasteiger partial charge in [0, 0.05) is 18.3 Å². The summed E-state index contributed by atoms with van der Waals surface area (Å²) in [5.41, 5.74) is 1.62. The highest BCUT2D eigenvalue weighted by Crippen LogP contribution is 2.17. The Morgan fingerprint density at radius 3 is 2.30 bits per heavy atom. The van der Waals surface area contributed by atoms with Gasteiger partial charge in [-0.15, -0.1) is 0 Å². The van der Waals surface area contributed by atoms with Crippen LogP contribution in [0.2, 0.25) is 0 Å². The quantitative estimate of drug-likeness (QED) is 0.434. The summed E-state index contributed by atoms with van der Waals surface area (Å²) in [5.74, 6) is -0.471. The third-order valence-electron chi connectivity index (χ3n) is 4.78. The van der Waals surface area contributed by atoms with Crippen molar-refractivity contribution >= 4 is 21.8 Å². The number of benzene rings is 2. The van der Waals surface area contributed by atoms with E-state index in [1.54, 1.807) is 7.11 Å². The molecule has 10 heteroatoms. The number of amides is 2. The molecule has 2 amide bonds. The maximum absolute atomic E-state index is 12.5. The molecule has 0 radical (unpaired) electrons. The van der Waals surface area contributed by atoms with Gasteiger partial charge in [-0.2, -0.15) is 0 Å². The number of nitrogens with one attached hydrogen (secondary N) is 2. The van der Waals surface area contributed by atoms with E-state index in [1.807, 2.05) is 29.0 Å². The van der Waals surface area contributed by atoms with Crippen molar-refractivity contribution < 1.29 is 27.9 Å². The Morgan fingerprint density at radius 2 is 1.67 bits per heavy atom. The normalized spacial score (nSPS) is 11.0. The van der Waals surface area contributed by atoms with E-state index in [9.17, 15) is 18.0 Å². The summed E-state index contributed by atoms with van der Waals surface area (Å²) < 4.78 is 32.3. The molecule has 0 atom stereocenters. The molecule has 0 bridgehead atoms. The average molecular weight is 470 g/mol. The number of para-hydroxylation sites is 1. The second kappa shape index (κ2) is 10.7. The van der Waals surface area contributed by atoms with Gasteiger partial charge in [0.25, 0.3) is 21.8 Å². The Morgan fingerprint density at radius 1 is 0.970 bits per heavy atom. The van der Waals surface area contributed by atoms with E-state index in [1.165, 1.54) is 42.6 Å². The van der Waals surface area contributed by atoms with Gasteiger partial charge in [0.15, 0.2) is 0 Å². The number of carbonyl (C=O) groups excluding carboxylic acids is 2. The van der Waals surface area contributed by atoms with Crippen LogP contribution in [0.25, 0.3) is 0 Å². The number of ether oxygens (including phenoxy) is 1. The van der Waals surface area contributed by atoms with Crippen LogP contribution >= 0.6 is 0 Å². The van der Waals surface area contributed by atoms with Crippen molar-refractivity contribution in [3.63, 3.8) is 0 Å². The molecule has 3 N–H and O–H groups in total. The van der Waals surface area contributed by atoms with E-state index in [0.29, 0.717) is 18.7 Å². The van der Waals surface area contributed by atoms with Crippen LogP contribution < -0.4 is 14.8 Å². The fourth-order valence-corrected chi connectivity index (χ4v) is 3.97. The first-order valence-corrected chi connectivity index (χ1v) is 11.5. The zero-order chi connectivity index (χ0) is 23.8. The lowest BCUT2D eigenvalue weighted by molar-refractivity contribution is 0.0951. The Labute approximate surface area is 191 Å². The summed E-state index contributed by atoms with van der Waals surface area (Å²) in [5, 5.41) is 11.8.